The topological polar surface area (TPSA) is 66.5 Å². The van der Waals surface area contributed by atoms with Crippen LogP contribution in [-0.4, -0.2) is 17.7 Å². The van der Waals surface area contributed by atoms with Crippen LogP contribution in [0.5, 0.6) is 0 Å². The van der Waals surface area contributed by atoms with E-state index >= 15 is 0 Å². The van der Waals surface area contributed by atoms with Gasteiger partial charge in [-0.25, -0.2) is 0 Å². The summed E-state index contributed by atoms with van der Waals surface area (Å²) < 4.78 is 0.764. The normalized spacial score (nSPS) is 31.5. The largest absolute Gasteiger partial charge is 0.322 e. The van der Waals surface area contributed by atoms with E-state index in [0.29, 0.717) is 33.8 Å². The van der Waals surface area contributed by atoms with Gasteiger partial charge in [0, 0.05) is 15.7 Å². The molecule has 32 heavy (non-hydrogen) atoms. The van der Waals surface area contributed by atoms with Crippen LogP contribution in [0.2, 0.25) is 5.02 Å². The molecule has 4 aliphatic carbocycles. The van der Waals surface area contributed by atoms with Crippen LogP contribution in [0, 0.1) is 42.4 Å². The number of hydrogen-bond donors (Lipinski definition) is 1. The summed E-state index contributed by atoms with van der Waals surface area (Å²) in [4.78, 5) is 40.6. The first kappa shape index (κ1) is 20.2. The molecule has 6 atom stereocenters. The molecule has 1 saturated heterocycles. The first-order valence-corrected chi connectivity index (χ1v) is 12.0. The van der Waals surface area contributed by atoms with E-state index in [2.05, 4.69) is 33.4 Å². The lowest BCUT2D eigenvalue weighted by Crippen LogP contribution is -2.40. The molecule has 7 heteroatoms. The molecule has 2 saturated carbocycles. The van der Waals surface area contributed by atoms with E-state index in [-0.39, 0.29) is 41.4 Å². The molecule has 162 valence electrons. The lowest BCUT2D eigenvalue weighted by Gasteiger charge is -2.37. The summed E-state index contributed by atoms with van der Waals surface area (Å²) in [6.07, 6.45) is 5.47. The highest BCUT2D eigenvalue weighted by Gasteiger charge is 2.67. The van der Waals surface area contributed by atoms with Crippen LogP contribution < -0.4 is 10.2 Å². The zero-order chi connectivity index (χ0) is 22.3. The summed E-state index contributed by atoms with van der Waals surface area (Å²) >= 11 is 9.62. The number of carbonyl (C=O) groups is 3. The molecule has 0 unspecified atom stereocenters. The molecular weight excluding hydrogens is 492 g/mol. The minimum absolute atomic E-state index is 0.0953. The van der Waals surface area contributed by atoms with Gasteiger partial charge in [-0.3, -0.25) is 19.3 Å². The van der Waals surface area contributed by atoms with Crippen LogP contribution in [-0.2, 0) is 9.59 Å². The fraction of sp³-hybridized carbons (Fsp3) is 0.320. The van der Waals surface area contributed by atoms with E-state index in [4.69, 9.17) is 11.6 Å². The second-order valence-corrected chi connectivity index (χ2v) is 10.4. The third-order valence-corrected chi connectivity index (χ3v) is 9.01. The van der Waals surface area contributed by atoms with Crippen molar-refractivity contribution in [3.05, 3.63) is 69.2 Å². The Hall–Kier alpha value is -2.44. The fourth-order valence-electron chi connectivity index (χ4n) is 5.96. The van der Waals surface area contributed by atoms with E-state index in [1.54, 1.807) is 36.4 Å². The number of amides is 3. The number of halogens is 2. The summed E-state index contributed by atoms with van der Waals surface area (Å²) in [6.45, 7) is 1.84. The van der Waals surface area contributed by atoms with E-state index in [0.717, 1.165) is 16.5 Å². The van der Waals surface area contributed by atoms with Crippen molar-refractivity contribution in [2.24, 2.45) is 35.5 Å². The van der Waals surface area contributed by atoms with Crippen LogP contribution in [0.15, 0.2) is 53.0 Å². The van der Waals surface area contributed by atoms with Crippen molar-refractivity contribution in [3.63, 3.8) is 0 Å². The van der Waals surface area contributed by atoms with Gasteiger partial charge in [0.2, 0.25) is 11.8 Å². The minimum Gasteiger partial charge on any atom is -0.322 e. The molecule has 0 spiro atoms. The quantitative estimate of drug-likeness (QED) is 0.454. The summed E-state index contributed by atoms with van der Waals surface area (Å²) in [5, 5.41) is 3.42. The van der Waals surface area contributed by atoms with Crippen molar-refractivity contribution in [3.8, 4) is 0 Å². The zero-order valence-electron chi connectivity index (χ0n) is 17.2. The van der Waals surface area contributed by atoms with Crippen LogP contribution in [0.3, 0.4) is 0 Å². The molecule has 2 bridgehead atoms. The smallest absolute Gasteiger partial charge is 0.255 e. The van der Waals surface area contributed by atoms with Gasteiger partial charge in [-0.05, 0) is 94.9 Å². The number of rotatable bonds is 3. The maximum Gasteiger partial charge on any atom is 0.255 e. The Bertz CT molecular complexity index is 1190. The van der Waals surface area contributed by atoms with Gasteiger partial charge >= 0.3 is 0 Å². The number of nitrogens with zero attached hydrogens (tertiary/aromatic N) is 1. The average molecular weight is 512 g/mol. The molecule has 0 radical (unpaired) electrons. The van der Waals surface area contributed by atoms with Gasteiger partial charge in [-0.1, -0.05) is 23.8 Å². The lowest BCUT2D eigenvalue weighted by molar-refractivity contribution is -0.124. The van der Waals surface area contributed by atoms with Gasteiger partial charge in [0.15, 0.2) is 0 Å². The molecule has 5 aliphatic rings. The van der Waals surface area contributed by atoms with Crippen LogP contribution in [0.25, 0.3) is 0 Å². The molecule has 7 rings (SSSR count). The van der Waals surface area contributed by atoms with Crippen molar-refractivity contribution in [1.82, 2.24) is 0 Å². The number of nitrogens with one attached hydrogen (secondary N) is 1. The third kappa shape index (κ3) is 2.78. The number of imide groups is 1. The first-order chi connectivity index (χ1) is 15.4. The molecule has 3 fully saturated rings. The van der Waals surface area contributed by atoms with Gasteiger partial charge in [-0.2, -0.15) is 0 Å². The van der Waals surface area contributed by atoms with E-state index in [1.165, 1.54) is 4.90 Å². The molecule has 2 aromatic rings. The molecular formula is C25H20BrClN2O3. The van der Waals surface area contributed by atoms with Crippen molar-refractivity contribution in [2.45, 2.75) is 13.3 Å². The Balaban J connectivity index is 1.23. The zero-order valence-corrected chi connectivity index (χ0v) is 19.6. The Morgan fingerprint density at radius 2 is 1.59 bits per heavy atom. The fourth-order valence-corrected chi connectivity index (χ4v) is 6.55. The summed E-state index contributed by atoms with van der Waals surface area (Å²) in [5.41, 5.74) is 2.36. The molecule has 0 aromatic heterocycles. The highest BCUT2D eigenvalue weighted by atomic mass is 79.9. The van der Waals surface area contributed by atoms with Crippen LogP contribution in [0.1, 0.15) is 22.3 Å². The lowest BCUT2D eigenvalue weighted by atomic mass is 9.63. The maximum absolute atomic E-state index is 13.2. The number of anilines is 2. The standard InChI is InChI=1S/C25H20BrClN2O3/c1-11-19(9-8-18(26)22(11)27)28-23(30)12-2-4-13(5-3-12)29-24(31)20-14-6-7-15(17-10-16(14)17)21(20)25(29)32/h2-9,14-17,20-21H,10H2,1H3,(H,28,30)/t14-,15-,16-,17-,20-,21+/m1/s1. The van der Waals surface area contributed by atoms with Gasteiger partial charge in [-0.15, -0.1) is 0 Å². The van der Waals surface area contributed by atoms with Crippen molar-refractivity contribution >= 4 is 56.6 Å². The predicted octanol–water partition coefficient (Wildman–Crippen LogP) is 5.22. The molecule has 3 amide bonds. The highest BCUT2D eigenvalue weighted by Crippen LogP contribution is 2.65. The average Bonchev–Trinajstić information content (AvgIpc) is 3.58. The second kappa shape index (κ2) is 7.03. The highest BCUT2D eigenvalue weighted by molar-refractivity contribution is 9.10. The van der Waals surface area contributed by atoms with E-state index in [9.17, 15) is 14.4 Å². The number of allylic oxidation sites excluding steroid dienone is 2. The Kier molecular flexibility index (Phi) is 4.43. The third-order valence-electron chi connectivity index (χ3n) is 7.64. The van der Waals surface area contributed by atoms with E-state index in [1.807, 2.05) is 6.92 Å². The second-order valence-electron chi connectivity index (χ2n) is 9.20. The van der Waals surface area contributed by atoms with Crippen LogP contribution >= 0.6 is 27.5 Å². The monoisotopic (exact) mass is 510 g/mol. The van der Waals surface area contributed by atoms with Crippen molar-refractivity contribution in [1.29, 1.82) is 0 Å². The van der Waals surface area contributed by atoms with Crippen molar-refractivity contribution < 1.29 is 14.4 Å². The van der Waals surface area contributed by atoms with E-state index < -0.39 is 0 Å². The predicted molar refractivity (Wildman–Crippen MR) is 125 cm³/mol. The molecule has 1 heterocycles. The van der Waals surface area contributed by atoms with Crippen molar-refractivity contribution in [2.75, 3.05) is 10.2 Å². The SMILES string of the molecule is Cc1c(NC(=O)c2ccc(N3C(=O)[C@@H]4[C@@H]5C=C[C@H]([C@H]6C[C@H]56)[C@@H]4C3=O)cc2)ccc(Br)c1Cl. The summed E-state index contributed by atoms with van der Waals surface area (Å²) in [6, 6.07) is 10.2. The number of benzene rings is 2. The maximum atomic E-state index is 13.2. The minimum atomic E-state index is -0.284. The Morgan fingerprint density at radius 1 is 1.00 bits per heavy atom. The van der Waals surface area contributed by atoms with Gasteiger partial charge in [0.1, 0.15) is 0 Å². The van der Waals surface area contributed by atoms with Crippen LogP contribution in [0.4, 0.5) is 11.4 Å². The summed E-state index contributed by atoms with van der Waals surface area (Å²) in [7, 11) is 0. The Labute approximate surface area is 198 Å². The first-order valence-electron chi connectivity index (χ1n) is 10.8. The van der Waals surface area contributed by atoms with Gasteiger partial charge < -0.3 is 5.32 Å². The molecule has 1 aliphatic heterocycles. The molecule has 2 aromatic carbocycles. The molecule has 5 nitrogen and oxygen atoms in total. The Morgan fingerprint density at radius 3 is 2.19 bits per heavy atom. The van der Waals surface area contributed by atoms with Gasteiger partial charge in [0.25, 0.3) is 5.91 Å². The number of hydrogen-bond acceptors (Lipinski definition) is 3. The summed E-state index contributed by atoms with van der Waals surface area (Å²) in [5.74, 6) is 0.611. The number of carbonyl (C=O) groups excluding carboxylic acids is 3. The van der Waals surface area contributed by atoms with Gasteiger partial charge in [0.05, 0.1) is 22.5 Å². The molecule has 1 N–H and O–H groups in total.